The summed E-state index contributed by atoms with van der Waals surface area (Å²) in [5.41, 5.74) is 6.67. The van der Waals surface area contributed by atoms with Crippen LogP contribution in [0.3, 0.4) is 0 Å². The molecular weight excluding hydrogens is 298 g/mol. The van der Waals surface area contributed by atoms with E-state index in [-0.39, 0.29) is 17.1 Å². The van der Waals surface area contributed by atoms with E-state index < -0.39 is 10.0 Å². The molecule has 0 atom stereocenters. The zero-order valence-electron chi connectivity index (χ0n) is 10.8. The maximum Gasteiger partial charge on any atom is 0.245 e. The van der Waals surface area contributed by atoms with E-state index in [1.165, 1.54) is 29.6 Å². The molecule has 0 saturated heterocycles. The van der Waals surface area contributed by atoms with Gasteiger partial charge in [-0.05, 0) is 29.8 Å². The Bertz CT molecular complexity index is 705. The van der Waals surface area contributed by atoms with Gasteiger partial charge in [0.15, 0.2) is 0 Å². The third-order valence-corrected chi connectivity index (χ3v) is 4.90. The molecule has 1 aromatic heterocycles. The van der Waals surface area contributed by atoms with Crippen LogP contribution in [-0.4, -0.2) is 24.8 Å². The number of anilines is 1. The lowest BCUT2D eigenvalue weighted by Crippen LogP contribution is -2.27. The van der Waals surface area contributed by atoms with Crippen molar-refractivity contribution in [1.82, 2.24) is 9.29 Å². The lowest BCUT2D eigenvalue weighted by molar-refractivity contribution is 0.466. The maximum absolute atomic E-state index is 12.5. The van der Waals surface area contributed by atoms with Crippen LogP contribution in [0.5, 0.6) is 0 Å². The predicted octanol–water partition coefficient (Wildman–Crippen LogP) is 2.14. The van der Waals surface area contributed by atoms with Crippen molar-refractivity contribution in [3.8, 4) is 0 Å². The molecule has 2 rings (SSSR count). The number of nitrogens with two attached hydrogens (primary N) is 1. The molecule has 0 amide bonds. The van der Waals surface area contributed by atoms with Gasteiger partial charge >= 0.3 is 0 Å². The summed E-state index contributed by atoms with van der Waals surface area (Å²) in [5, 5.41) is 0.399. The van der Waals surface area contributed by atoms with Crippen molar-refractivity contribution < 1.29 is 8.42 Å². The first kappa shape index (κ1) is 14.8. The van der Waals surface area contributed by atoms with E-state index in [0.29, 0.717) is 5.02 Å². The number of benzene rings is 1. The van der Waals surface area contributed by atoms with Gasteiger partial charge in [-0.15, -0.1) is 0 Å². The van der Waals surface area contributed by atoms with Crippen LogP contribution in [0.1, 0.15) is 5.56 Å². The largest absolute Gasteiger partial charge is 0.398 e. The molecule has 7 heteroatoms. The zero-order chi connectivity index (χ0) is 14.8. The van der Waals surface area contributed by atoms with Gasteiger partial charge in [-0.3, -0.25) is 4.98 Å². The molecule has 0 unspecified atom stereocenters. The molecule has 1 heterocycles. The molecule has 0 aliphatic heterocycles. The highest BCUT2D eigenvalue weighted by Crippen LogP contribution is 2.25. The van der Waals surface area contributed by atoms with E-state index in [9.17, 15) is 8.42 Å². The molecule has 0 radical (unpaired) electrons. The molecule has 0 spiro atoms. The van der Waals surface area contributed by atoms with Gasteiger partial charge in [-0.25, -0.2) is 8.42 Å². The lowest BCUT2D eigenvalue weighted by atomic mass is 10.3. The van der Waals surface area contributed by atoms with Crippen LogP contribution in [0.15, 0.2) is 47.6 Å². The second kappa shape index (κ2) is 5.78. The molecule has 20 heavy (non-hydrogen) atoms. The fraction of sp³-hybridized carbons (Fsp3) is 0.154. The Morgan fingerprint density at radius 1 is 1.35 bits per heavy atom. The Hall–Kier alpha value is -1.63. The third kappa shape index (κ3) is 3.09. The van der Waals surface area contributed by atoms with Gasteiger partial charge in [0.25, 0.3) is 0 Å². The minimum Gasteiger partial charge on any atom is -0.398 e. The monoisotopic (exact) mass is 311 g/mol. The van der Waals surface area contributed by atoms with Crippen LogP contribution in [0.25, 0.3) is 0 Å². The van der Waals surface area contributed by atoms with Gasteiger partial charge in [-0.1, -0.05) is 17.7 Å². The van der Waals surface area contributed by atoms with Gasteiger partial charge in [0.1, 0.15) is 4.90 Å². The van der Waals surface area contributed by atoms with Crippen LogP contribution < -0.4 is 5.73 Å². The Kier molecular flexibility index (Phi) is 4.27. The number of aromatic nitrogens is 1. The minimum atomic E-state index is -3.66. The number of hydrogen-bond acceptors (Lipinski definition) is 4. The average Bonchev–Trinajstić information content (AvgIpc) is 2.39. The first-order valence-corrected chi connectivity index (χ1v) is 7.63. The second-order valence-corrected chi connectivity index (χ2v) is 6.75. The van der Waals surface area contributed by atoms with E-state index in [1.54, 1.807) is 18.5 Å². The fourth-order valence-corrected chi connectivity index (χ4v) is 3.19. The van der Waals surface area contributed by atoms with Crippen LogP contribution >= 0.6 is 11.6 Å². The summed E-state index contributed by atoms with van der Waals surface area (Å²) < 4.78 is 26.1. The smallest absolute Gasteiger partial charge is 0.245 e. The first-order chi connectivity index (χ1) is 9.41. The summed E-state index contributed by atoms with van der Waals surface area (Å²) in [4.78, 5) is 4.01. The third-order valence-electron chi connectivity index (χ3n) is 2.79. The second-order valence-electron chi connectivity index (χ2n) is 4.30. The number of halogens is 1. The van der Waals surface area contributed by atoms with E-state index in [0.717, 1.165) is 5.56 Å². The molecule has 0 bridgehead atoms. The first-order valence-electron chi connectivity index (χ1n) is 5.81. The van der Waals surface area contributed by atoms with E-state index in [4.69, 9.17) is 17.3 Å². The van der Waals surface area contributed by atoms with E-state index in [2.05, 4.69) is 4.98 Å². The molecular formula is C13H14ClN3O2S. The van der Waals surface area contributed by atoms with Gasteiger partial charge in [-0.2, -0.15) is 4.31 Å². The van der Waals surface area contributed by atoms with Gasteiger partial charge in [0.2, 0.25) is 10.0 Å². The Morgan fingerprint density at radius 3 is 2.70 bits per heavy atom. The molecule has 0 saturated carbocycles. The van der Waals surface area contributed by atoms with E-state index >= 15 is 0 Å². The molecule has 2 N–H and O–H groups in total. The molecule has 5 nitrogen and oxygen atoms in total. The van der Waals surface area contributed by atoms with Crippen molar-refractivity contribution in [2.75, 3.05) is 12.8 Å². The van der Waals surface area contributed by atoms with E-state index in [1.807, 2.05) is 6.07 Å². The summed E-state index contributed by atoms with van der Waals surface area (Å²) >= 11 is 5.78. The minimum absolute atomic E-state index is 0.0493. The molecule has 0 aliphatic rings. The van der Waals surface area contributed by atoms with Crippen LogP contribution in [0.4, 0.5) is 5.69 Å². The van der Waals surface area contributed by atoms with Crippen molar-refractivity contribution in [3.63, 3.8) is 0 Å². The average molecular weight is 312 g/mol. The summed E-state index contributed by atoms with van der Waals surface area (Å²) in [6.45, 7) is 0.220. The van der Waals surface area contributed by atoms with Crippen molar-refractivity contribution in [2.24, 2.45) is 0 Å². The Labute approximate surface area is 123 Å². The SMILES string of the molecule is CN(Cc1cccnc1)S(=O)(=O)c1ccc(Cl)cc1N. The van der Waals surface area contributed by atoms with Gasteiger partial charge in [0, 0.05) is 31.0 Å². The fourth-order valence-electron chi connectivity index (χ4n) is 1.76. The zero-order valence-corrected chi connectivity index (χ0v) is 12.4. The highest BCUT2D eigenvalue weighted by atomic mass is 35.5. The highest BCUT2D eigenvalue weighted by Gasteiger charge is 2.23. The number of rotatable bonds is 4. The Balaban J connectivity index is 2.30. The molecule has 0 aliphatic carbocycles. The number of nitrogen functional groups attached to an aromatic ring is 1. The van der Waals surface area contributed by atoms with Gasteiger partial charge < -0.3 is 5.73 Å². The summed E-state index contributed by atoms with van der Waals surface area (Å²) in [6.07, 6.45) is 3.26. The normalized spacial score (nSPS) is 11.8. The maximum atomic E-state index is 12.5. The van der Waals surface area contributed by atoms with Crippen molar-refractivity contribution in [3.05, 3.63) is 53.3 Å². The number of sulfonamides is 1. The summed E-state index contributed by atoms with van der Waals surface area (Å²) in [7, 11) is -2.17. The van der Waals surface area contributed by atoms with Crippen LogP contribution in [-0.2, 0) is 16.6 Å². The molecule has 106 valence electrons. The van der Waals surface area contributed by atoms with Crippen molar-refractivity contribution in [2.45, 2.75) is 11.4 Å². The number of pyridine rings is 1. The number of nitrogens with zero attached hydrogens (tertiary/aromatic N) is 2. The summed E-state index contributed by atoms with van der Waals surface area (Å²) in [5.74, 6) is 0. The van der Waals surface area contributed by atoms with Crippen LogP contribution in [0, 0.1) is 0 Å². The predicted molar refractivity (Wildman–Crippen MR) is 78.8 cm³/mol. The summed E-state index contributed by atoms with van der Waals surface area (Å²) in [6, 6.07) is 7.90. The van der Waals surface area contributed by atoms with Crippen molar-refractivity contribution >= 4 is 27.3 Å². The van der Waals surface area contributed by atoms with Crippen molar-refractivity contribution in [1.29, 1.82) is 0 Å². The topological polar surface area (TPSA) is 76.3 Å². The number of hydrogen-bond donors (Lipinski definition) is 1. The Morgan fingerprint density at radius 2 is 2.10 bits per heavy atom. The quantitative estimate of drug-likeness (QED) is 0.878. The molecule has 2 aromatic rings. The standard InChI is InChI=1S/C13H14ClN3O2S/c1-17(9-10-3-2-6-16-8-10)20(18,19)13-5-4-11(14)7-12(13)15/h2-8H,9,15H2,1H3. The molecule has 0 fully saturated rings. The highest BCUT2D eigenvalue weighted by molar-refractivity contribution is 7.89. The van der Waals surface area contributed by atoms with Gasteiger partial charge in [0.05, 0.1) is 5.69 Å². The van der Waals surface area contributed by atoms with Crippen LogP contribution in [0.2, 0.25) is 5.02 Å². The molecule has 1 aromatic carbocycles. The lowest BCUT2D eigenvalue weighted by Gasteiger charge is -2.18.